The Bertz CT molecular complexity index is 566. The largest absolute Gasteiger partial charge is 0.390 e. The van der Waals surface area contributed by atoms with Gasteiger partial charge in [0.2, 0.25) is 5.91 Å². The summed E-state index contributed by atoms with van der Waals surface area (Å²) in [6.45, 7) is 3.06. The summed E-state index contributed by atoms with van der Waals surface area (Å²) in [4.78, 5) is 11.6. The molecule has 10 nitrogen and oxygen atoms in total. The molecule has 0 aromatic heterocycles. The smallest absolute Gasteiger partial charge is 0.217 e. The Labute approximate surface area is 215 Å². The van der Waals surface area contributed by atoms with Crippen molar-refractivity contribution in [3.05, 3.63) is 0 Å². The Hall–Kier alpha value is -0.850. The summed E-state index contributed by atoms with van der Waals surface area (Å²) in [7, 11) is 0. The topological polar surface area (TPSA) is 180 Å². The van der Waals surface area contributed by atoms with E-state index in [0.29, 0.717) is 6.42 Å². The molecule has 4 unspecified atom stereocenters. The molecule has 7 atom stereocenters. The molecule has 0 heterocycles. The van der Waals surface area contributed by atoms with Gasteiger partial charge in [-0.1, -0.05) is 84.0 Å². The molecule has 1 fully saturated rings. The van der Waals surface area contributed by atoms with E-state index in [1.54, 1.807) is 0 Å². The van der Waals surface area contributed by atoms with Crippen molar-refractivity contribution in [1.29, 1.82) is 0 Å². The number of amides is 1. The van der Waals surface area contributed by atoms with Gasteiger partial charge in [0.05, 0.1) is 18.8 Å². The molecule has 8 N–H and O–H groups in total. The summed E-state index contributed by atoms with van der Waals surface area (Å²) < 4.78 is 5.43. The van der Waals surface area contributed by atoms with Crippen LogP contribution >= 0.6 is 0 Å². The molecular formula is C26H51NO9. The summed E-state index contributed by atoms with van der Waals surface area (Å²) in [5.74, 6) is -0.472. The maximum atomic E-state index is 11.6. The van der Waals surface area contributed by atoms with Crippen LogP contribution in [0.5, 0.6) is 0 Å². The van der Waals surface area contributed by atoms with Crippen molar-refractivity contribution in [2.24, 2.45) is 0 Å². The second-order valence-corrected chi connectivity index (χ2v) is 10.3. The number of hydrogen-bond donors (Lipinski definition) is 8. The number of ether oxygens (including phenoxy) is 1. The van der Waals surface area contributed by atoms with Crippen LogP contribution < -0.4 is 5.32 Å². The number of unbranched alkanes of at least 4 members (excludes halogenated alkanes) is 11. The first-order valence-corrected chi connectivity index (χ1v) is 13.8. The maximum Gasteiger partial charge on any atom is 0.217 e. The van der Waals surface area contributed by atoms with Crippen LogP contribution in [-0.2, 0) is 9.53 Å². The molecule has 0 saturated heterocycles. The normalized spacial score (nSPS) is 29.0. The average Bonchev–Trinajstić information content (AvgIpc) is 2.85. The molecule has 214 valence electrons. The van der Waals surface area contributed by atoms with E-state index in [2.05, 4.69) is 12.2 Å². The third-order valence-corrected chi connectivity index (χ3v) is 7.09. The quantitative estimate of drug-likeness (QED) is 0.112. The first-order valence-electron chi connectivity index (χ1n) is 13.8. The highest BCUT2D eigenvalue weighted by Gasteiger charge is 2.49. The lowest BCUT2D eigenvalue weighted by Crippen LogP contribution is -2.65. The molecule has 0 aliphatic heterocycles. The molecule has 0 bridgehead atoms. The Morgan fingerprint density at radius 3 is 1.58 bits per heavy atom. The lowest BCUT2D eigenvalue weighted by atomic mass is 9.85. The first-order chi connectivity index (χ1) is 17.1. The van der Waals surface area contributed by atoms with Gasteiger partial charge in [-0.25, -0.2) is 0 Å². The van der Waals surface area contributed by atoms with Gasteiger partial charge >= 0.3 is 0 Å². The molecule has 1 amide bonds. The minimum Gasteiger partial charge on any atom is -0.390 e. The van der Waals surface area contributed by atoms with Crippen molar-refractivity contribution in [3.8, 4) is 0 Å². The fraction of sp³-hybridized carbons (Fsp3) is 0.962. The van der Waals surface area contributed by atoms with Crippen LogP contribution in [0, 0.1) is 0 Å². The Morgan fingerprint density at radius 2 is 1.14 bits per heavy atom. The van der Waals surface area contributed by atoms with E-state index in [1.165, 1.54) is 58.3 Å². The zero-order chi connectivity index (χ0) is 27.1. The van der Waals surface area contributed by atoms with Crippen molar-refractivity contribution in [2.45, 2.75) is 152 Å². The summed E-state index contributed by atoms with van der Waals surface area (Å²) in [5.41, 5.74) is 0. The van der Waals surface area contributed by atoms with Gasteiger partial charge in [-0.15, -0.1) is 0 Å². The van der Waals surface area contributed by atoms with Crippen LogP contribution in [0.2, 0.25) is 0 Å². The molecule has 1 rings (SSSR count). The van der Waals surface area contributed by atoms with Crippen LogP contribution in [0.4, 0.5) is 0 Å². The van der Waals surface area contributed by atoms with Crippen LogP contribution in [0.1, 0.15) is 97.3 Å². The second kappa shape index (κ2) is 18.4. The lowest BCUT2D eigenvalue weighted by Gasteiger charge is -2.42. The summed E-state index contributed by atoms with van der Waals surface area (Å²) >= 11 is 0. The Balaban J connectivity index is 2.36. The van der Waals surface area contributed by atoms with Crippen LogP contribution in [0.3, 0.4) is 0 Å². The first kappa shape index (κ1) is 33.2. The van der Waals surface area contributed by atoms with Crippen molar-refractivity contribution >= 4 is 5.91 Å². The van der Waals surface area contributed by atoms with Gasteiger partial charge in [0.1, 0.15) is 42.7 Å². The number of aliphatic hydroxyl groups excluding tert-OH is 7. The molecule has 1 aliphatic carbocycles. The number of hydrogen-bond acceptors (Lipinski definition) is 9. The summed E-state index contributed by atoms with van der Waals surface area (Å²) in [5, 5.41) is 73.1. The highest BCUT2D eigenvalue weighted by Crippen LogP contribution is 2.24. The van der Waals surface area contributed by atoms with E-state index in [0.717, 1.165) is 25.7 Å². The maximum absolute atomic E-state index is 11.6. The molecular weight excluding hydrogens is 470 g/mol. The van der Waals surface area contributed by atoms with Gasteiger partial charge < -0.3 is 45.8 Å². The van der Waals surface area contributed by atoms with Gasteiger partial charge in [0, 0.05) is 6.92 Å². The van der Waals surface area contributed by atoms with E-state index in [1.807, 2.05) is 0 Å². The van der Waals surface area contributed by atoms with E-state index in [-0.39, 0.29) is 0 Å². The molecule has 0 aromatic rings. The second-order valence-electron chi connectivity index (χ2n) is 10.3. The minimum atomic E-state index is -1.75. The molecule has 1 saturated carbocycles. The average molecular weight is 522 g/mol. The number of carbonyl (C=O) groups excluding carboxylic acids is 1. The number of nitrogens with one attached hydrogen (secondary N) is 1. The number of aliphatic hydroxyl groups is 7. The van der Waals surface area contributed by atoms with E-state index in [4.69, 9.17) is 4.74 Å². The monoisotopic (exact) mass is 521 g/mol. The highest BCUT2D eigenvalue weighted by molar-refractivity contribution is 5.73. The number of carbonyl (C=O) groups is 1. The Kier molecular flexibility index (Phi) is 17.0. The van der Waals surface area contributed by atoms with E-state index < -0.39 is 67.4 Å². The zero-order valence-electron chi connectivity index (χ0n) is 22.0. The minimum absolute atomic E-state index is 0.340. The molecule has 0 aromatic carbocycles. The number of rotatable bonds is 19. The fourth-order valence-electron chi connectivity index (χ4n) is 4.73. The van der Waals surface area contributed by atoms with Crippen LogP contribution in [0.15, 0.2) is 0 Å². The third-order valence-electron chi connectivity index (χ3n) is 7.09. The van der Waals surface area contributed by atoms with Crippen LogP contribution in [-0.4, -0.2) is 103 Å². The lowest BCUT2D eigenvalue weighted by molar-refractivity contribution is -0.237. The predicted octanol–water partition coefficient (Wildman–Crippen LogP) is 0.507. The standard InChI is InChI=1S/C26H51NO9/c1-3-4-5-6-7-8-9-10-11-12-13-14-15-19(29)20(30)18(27-17(2)28)16-36-26-24(34)22(32)21(31)23(33)25(26)35/h18-26,29-35H,3-16H2,1-2H3,(H,27,28)/t18-,19+,20-,21-,22?,23?,24?,25?,26-/m0/s1. The van der Waals surface area contributed by atoms with Crippen molar-refractivity contribution in [3.63, 3.8) is 0 Å². The van der Waals surface area contributed by atoms with Crippen molar-refractivity contribution < 1.29 is 45.3 Å². The van der Waals surface area contributed by atoms with Gasteiger partial charge in [-0.2, -0.15) is 0 Å². The molecule has 0 spiro atoms. The summed E-state index contributed by atoms with van der Waals surface area (Å²) in [6.07, 6.45) is 1.95. The van der Waals surface area contributed by atoms with Crippen molar-refractivity contribution in [2.75, 3.05) is 6.61 Å². The summed E-state index contributed by atoms with van der Waals surface area (Å²) in [6, 6.07) is -1.05. The van der Waals surface area contributed by atoms with Gasteiger partial charge in [-0.3, -0.25) is 4.79 Å². The highest BCUT2D eigenvalue weighted by atomic mass is 16.5. The van der Waals surface area contributed by atoms with Crippen LogP contribution in [0.25, 0.3) is 0 Å². The van der Waals surface area contributed by atoms with E-state index in [9.17, 15) is 40.5 Å². The predicted molar refractivity (Wildman–Crippen MR) is 135 cm³/mol. The Morgan fingerprint density at radius 1 is 0.722 bits per heavy atom. The van der Waals surface area contributed by atoms with E-state index >= 15 is 0 Å². The zero-order valence-corrected chi connectivity index (χ0v) is 22.0. The molecule has 36 heavy (non-hydrogen) atoms. The SMILES string of the molecule is CCCCCCCCCCCCCC[C@@H](O)[C@@H](O)[C@H](CO[C@H]1C(O)C(O)[C@H](O)C(O)C1O)NC(C)=O. The van der Waals surface area contributed by atoms with Crippen molar-refractivity contribution in [1.82, 2.24) is 5.32 Å². The van der Waals surface area contributed by atoms with Gasteiger partial charge in [0.15, 0.2) is 0 Å². The molecule has 0 radical (unpaired) electrons. The molecule has 10 heteroatoms. The van der Waals surface area contributed by atoms with Gasteiger partial charge in [-0.05, 0) is 6.42 Å². The van der Waals surface area contributed by atoms with Gasteiger partial charge in [0.25, 0.3) is 0 Å². The molecule has 1 aliphatic rings. The fourth-order valence-corrected chi connectivity index (χ4v) is 4.73. The third kappa shape index (κ3) is 11.7.